The number of anilines is 2. The molecule has 3 rings (SSSR count). The lowest BCUT2D eigenvalue weighted by Crippen LogP contribution is -2.13. The minimum absolute atomic E-state index is 0.120. The first-order chi connectivity index (χ1) is 17.1. The van der Waals surface area contributed by atoms with Crippen molar-refractivity contribution in [3.05, 3.63) is 82.9 Å². The molecule has 0 saturated heterocycles. The summed E-state index contributed by atoms with van der Waals surface area (Å²) in [6.45, 7) is 1.33. The highest BCUT2D eigenvalue weighted by atomic mass is 35.5. The third-order valence-electron chi connectivity index (χ3n) is 4.63. The van der Waals surface area contributed by atoms with Gasteiger partial charge in [-0.15, -0.1) is 0 Å². The van der Waals surface area contributed by atoms with Crippen LogP contribution in [-0.2, 0) is 19.7 Å². The average molecular weight is 526 g/mol. The zero-order valence-electron chi connectivity index (χ0n) is 19.1. The number of ether oxygens (including phenoxy) is 1. The number of carbonyl (C=O) groups is 2. The molecule has 0 fully saturated rings. The van der Waals surface area contributed by atoms with Gasteiger partial charge in [-0.25, -0.2) is 0 Å². The van der Waals surface area contributed by atoms with E-state index in [1.165, 1.54) is 62.6 Å². The first-order valence-electron chi connectivity index (χ1n) is 10.3. The Morgan fingerprint density at radius 2 is 1.56 bits per heavy atom. The lowest BCUT2D eigenvalue weighted by atomic mass is 10.1. The molecule has 0 unspecified atom stereocenters. The van der Waals surface area contributed by atoms with Crippen molar-refractivity contribution in [1.29, 1.82) is 5.26 Å². The van der Waals surface area contributed by atoms with Crippen molar-refractivity contribution in [2.75, 3.05) is 17.7 Å². The largest absolute Gasteiger partial charge is 0.493 e. The Morgan fingerprint density at radius 3 is 2.14 bits per heavy atom. The maximum Gasteiger partial charge on any atom is 0.339 e. The van der Waals surface area contributed by atoms with Crippen LogP contribution in [0.15, 0.2) is 77.2 Å². The van der Waals surface area contributed by atoms with Gasteiger partial charge in [0.05, 0.1) is 7.11 Å². The summed E-state index contributed by atoms with van der Waals surface area (Å²) in [7, 11) is -2.93. The smallest absolute Gasteiger partial charge is 0.339 e. The van der Waals surface area contributed by atoms with E-state index in [9.17, 15) is 23.3 Å². The summed E-state index contributed by atoms with van der Waals surface area (Å²) >= 11 is 5.84. The summed E-state index contributed by atoms with van der Waals surface area (Å²) in [6.07, 6.45) is 1.28. The molecule has 36 heavy (non-hydrogen) atoms. The lowest BCUT2D eigenvalue weighted by Gasteiger charge is -2.12. The molecule has 0 aliphatic carbocycles. The Morgan fingerprint density at radius 1 is 0.944 bits per heavy atom. The SMILES string of the molecule is COc1ccc(/C=C(\C#N)C(=O)Nc2ccc(Cl)cc2)cc1OS(=O)(=O)c1ccc(NC(C)=O)cc1. The van der Waals surface area contributed by atoms with E-state index >= 15 is 0 Å². The van der Waals surface area contributed by atoms with Gasteiger partial charge in [-0.1, -0.05) is 17.7 Å². The maximum atomic E-state index is 12.8. The molecule has 0 heterocycles. The number of halogens is 1. The first kappa shape index (κ1) is 26.3. The summed E-state index contributed by atoms with van der Waals surface area (Å²) < 4.78 is 36.1. The molecule has 11 heteroatoms. The van der Waals surface area contributed by atoms with Crippen LogP contribution in [0.1, 0.15) is 12.5 Å². The number of nitrogens with one attached hydrogen (secondary N) is 2. The number of methoxy groups -OCH3 is 1. The summed E-state index contributed by atoms with van der Waals surface area (Å²) in [5, 5.41) is 15.1. The van der Waals surface area contributed by atoms with Crippen LogP contribution < -0.4 is 19.6 Å². The van der Waals surface area contributed by atoms with Gasteiger partial charge in [-0.2, -0.15) is 13.7 Å². The van der Waals surface area contributed by atoms with E-state index in [0.29, 0.717) is 22.0 Å². The van der Waals surface area contributed by atoms with Gasteiger partial charge in [0, 0.05) is 23.3 Å². The Hall–Kier alpha value is -4.33. The maximum absolute atomic E-state index is 12.8. The van der Waals surface area contributed by atoms with Crippen molar-refractivity contribution < 1.29 is 26.9 Å². The molecule has 2 amide bonds. The van der Waals surface area contributed by atoms with E-state index in [4.69, 9.17) is 20.5 Å². The molecule has 0 aliphatic rings. The molecule has 3 aromatic carbocycles. The molecule has 0 radical (unpaired) electrons. The van der Waals surface area contributed by atoms with E-state index in [2.05, 4.69) is 10.6 Å². The second-order valence-corrected chi connectivity index (χ2v) is 9.27. The summed E-state index contributed by atoms with van der Waals surface area (Å²) in [5.41, 5.74) is 0.967. The van der Waals surface area contributed by atoms with E-state index in [1.54, 1.807) is 24.3 Å². The van der Waals surface area contributed by atoms with Crippen molar-refractivity contribution in [1.82, 2.24) is 0 Å². The van der Waals surface area contributed by atoms with E-state index in [0.717, 1.165) is 0 Å². The number of hydrogen-bond donors (Lipinski definition) is 2. The average Bonchev–Trinajstić information content (AvgIpc) is 2.83. The van der Waals surface area contributed by atoms with Gasteiger partial charge >= 0.3 is 10.1 Å². The number of nitrogens with zero attached hydrogens (tertiary/aromatic N) is 1. The summed E-state index contributed by atoms with van der Waals surface area (Å²) in [6, 6.07) is 17.9. The van der Waals surface area contributed by atoms with Crippen LogP contribution in [0.4, 0.5) is 11.4 Å². The highest BCUT2D eigenvalue weighted by molar-refractivity contribution is 7.87. The fourth-order valence-electron chi connectivity index (χ4n) is 2.97. The highest BCUT2D eigenvalue weighted by Crippen LogP contribution is 2.32. The van der Waals surface area contributed by atoms with Crippen LogP contribution in [0, 0.1) is 11.3 Å². The van der Waals surface area contributed by atoms with Crippen LogP contribution in [0.25, 0.3) is 6.08 Å². The molecule has 0 bridgehead atoms. The Kier molecular flexibility index (Phi) is 8.32. The number of carbonyl (C=O) groups excluding carboxylic acids is 2. The first-order valence-corrected chi connectivity index (χ1v) is 12.1. The highest BCUT2D eigenvalue weighted by Gasteiger charge is 2.20. The number of hydrogen-bond acceptors (Lipinski definition) is 7. The predicted octanol–water partition coefficient (Wildman–Crippen LogP) is 4.62. The van der Waals surface area contributed by atoms with Gasteiger partial charge < -0.3 is 19.6 Å². The van der Waals surface area contributed by atoms with Crippen LogP contribution in [0.2, 0.25) is 5.02 Å². The number of rotatable bonds is 8. The van der Waals surface area contributed by atoms with Gasteiger partial charge in [0.25, 0.3) is 5.91 Å². The summed E-state index contributed by atoms with van der Waals surface area (Å²) in [4.78, 5) is 23.5. The normalized spacial score (nSPS) is 11.2. The fraction of sp³-hybridized carbons (Fsp3) is 0.0800. The lowest BCUT2D eigenvalue weighted by molar-refractivity contribution is -0.114. The van der Waals surface area contributed by atoms with Crippen molar-refractivity contribution >= 4 is 51.0 Å². The zero-order valence-corrected chi connectivity index (χ0v) is 20.7. The minimum atomic E-state index is -4.27. The van der Waals surface area contributed by atoms with E-state index in [-0.39, 0.29) is 27.9 Å². The van der Waals surface area contributed by atoms with Crippen molar-refractivity contribution in [2.24, 2.45) is 0 Å². The third-order valence-corrected chi connectivity index (χ3v) is 6.13. The molecule has 0 saturated carbocycles. The van der Waals surface area contributed by atoms with Gasteiger partial charge in [-0.05, 0) is 72.3 Å². The van der Waals surface area contributed by atoms with Crippen LogP contribution in [0.5, 0.6) is 11.5 Å². The number of nitriles is 1. The number of benzene rings is 3. The molecule has 0 aromatic heterocycles. The zero-order chi connectivity index (χ0) is 26.3. The topological polar surface area (TPSA) is 135 Å². The van der Waals surface area contributed by atoms with Crippen molar-refractivity contribution in [3.63, 3.8) is 0 Å². The molecular formula is C25H20ClN3O6S. The predicted molar refractivity (Wildman–Crippen MR) is 135 cm³/mol. The second-order valence-electron chi connectivity index (χ2n) is 7.28. The van der Waals surface area contributed by atoms with Crippen molar-refractivity contribution in [2.45, 2.75) is 11.8 Å². The molecular weight excluding hydrogens is 506 g/mol. The molecule has 0 atom stereocenters. The molecule has 0 spiro atoms. The Labute approximate surface area is 213 Å². The Bertz CT molecular complexity index is 1460. The quantitative estimate of drug-likeness (QED) is 0.249. The van der Waals surface area contributed by atoms with E-state index < -0.39 is 16.0 Å². The molecule has 184 valence electrons. The Balaban J connectivity index is 1.86. The fourth-order valence-corrected chi connectivity index (χ4v) is 4.03. The van der Waals surface area contributed by atoms with Gasteiger partial charge in [0.2, 0.25) is 5.91 Å². The van der Waals surface area contributed by atoms with Gasteiger partial charge in [0.1, 0.15) is 16.5 Å². The standard InChI is InChI=1S/C25H20ClN3O6S/c1-16(30)28-20-8-10-22(11-9-20)36(32,33)35-24-14-17(3-12-23(24)34-2)13-18(15-27)25(31)29-21-6-4-19(26)5-7-21/h3-14H,1-2H3,(H,28,30)(H,29,31)/b18-13+. The van der Waals surface area contributed by atoms with Crippen molar-refractivity contribution in [3.8, 4) is 17.6 Å². The molecule has 0 aliphatic heterocycles. The minimum Gasteiger partial charge on any atom is -0.493 e. The molecule has 3 aromatic rings. The summed E-state index contributed by atoms with van der Waals surface area (Å²) in [5.74, 6) is -0.984. The second kappa shape index (κ2) is 11.4. The monoisotopic (exact) mass is 525 g/mol. The van der Waals surface area contributed by atoms with Gasteiger partial charge in [0.15, 0.2) is 11.5 Å². The molecule has 2 N–H and O–H groups in total. The van der Waals surface area contributed by atoms with Crippen LogP contribution in [0.3, 0.4) is 0 Å². The number of amides is 2. The van der Waals surface area contributed by atoms with E-state index in [1.807, 2.05) is 6.07 Å². The van der Waals surface area contributed by atoms with Crippen LogP contribution in [-0.4, -0.2) is 27.3 Å². The van der Waals surface area contributed by atoms with Gasteiger partial charge in [-0.3, -0.25) is 9.59 Å². The third kappa shape index (κ3) is 6.85. The van der Waals surface area contributed by atoms with Crippen LogP contribution >= 0.6 is 11.6 Å². The molecule has 9 nitrogen and oxygen atoms in total.